The number of rotatable bonds is 3. The van der Waals surface area contributed by atoms with Gasteiger partial charge in [0.15, 0.2) is 10.8 Å². The topological polar surface area (TPSA) is 60.2 Å². The maximum atomic E-state index is 12.1. The van der Waals surface area contributed by atoms with E-state index in [2.05, 4.69) is 14.9 Å². The van der Waals surface area contributed by atoms with Gasteiger partial charge in [-0.25, -0.2) is 9.97 Å². The van der Waals surface area contributed by atoms with Crippen LogP contribution in [0.15, 0.2) is 23.1 Å². The minimum Gasteiger partial charge on any atom is -0.379 e. The van der Waals surface area contributed by atoms with Gasteiger partial charge in [-0.3, -0.25) is 14.3 Å². The molecule has 0 aromatic carbocycles. The van der Waals surface area contributed by atoms with Gasteiger partial charge in [0.1, 0.15) is 5.52 Å². The number of hydrogen-bond donors (Lipinski definition) is 0. The van der Waals surface area contributed by atoms with Crippen molar-refractivity contribution >= 4 is 22.8 Å². The van der Waals surface area contributed by atoms with Gasteiger partial charge in [-0.2, -0.15) is 0 Å². The molecule has 7 heteroatoms. The second-order valence-electron chi connectivity index (χ2n) is 4.66. The molecule has 0 unspecified atom stereocenters. The summed E-state index contributed by atoms with van der Waals surface area (Å²) in [6.45, 7) is 4.58. The number of morpholine rings is 1. The molecule has 0 bridgehead atoms. The summed E-state index contributed by atoms with van der Waals surface area (Å²) in [4.78, 5) is 22.7. The normalized spacial score (nSPS) is 16.6. The van der Waals surface area contributed by atoms with E-state index in [9.17, 15) is 4.79 Å². The highest BCUT2D eigenvalue weighted by Crippen LogP contribution is 2.09. The van der Waals surface area contributed by atoms with Crippen LogP contribution in [-0.4, -0.2) is 52.3 Å². The summed E-state index contributed by atoms with van der Waals surface area (Å²) in [5.41, 5.74) is 0.931. The highest BCUT2D eigenvalue weighted by Gasteiger charge is 2.13. The molecule has 1 fully saturated rings. The quantitative estimate of drug-likeness (QED) is 0.837. The van der Waals surface area contributed by atoms with Crippen LogP contribution in [0.25, 0.3) is 11.2 Å². The molecule has 1 aliphatic heterocycles. The standard InChI is InChI=1S/C13H15ClN4O2/c14-11-13(19)18(5-4-17-6-8-20-9-7-17)12-10(16-11)2-1-3-15-12/h1-3H,4-9H2. The van der Waals surface area contributed by atoms with Gasteiger partial charge in [0, 0.05) is 32.4 Å². The van der Waals surface area contributed by atoms with Crippen molar-refractivity contribution in [3.63, 3.8) is 0 Å². The highest BCUT2D eigenvalue weighted by atomic mass is 35.5. The van der Waals surface area contributed by atoms with E-state index >= 15 is 0 Å². The smallest absolute Gasteiger partial charge is 0.289 e. The number of halogens is 1. The van der Waals surface area contributed by atoms with E-state index in [0.29, 0.717) is 17.7 Å². The molecule has 6 nitrogen and oxygen atoms in total. The fraction of sp³-hybridized carbons (Fsp3) is 0.462. The number of fused-ring (bicyclic) bond motifs is 1. The fourth-order valence-electron chi connectivity index (χ4n) is 2.32. The minimum atomic E-state index is -0.286. The zero-order valence-corrected chi connectivity index (χ0v) is 11.7. The third-order valence-corrected chi connectivity index (χ3v) is 3.65. The van der Waals surface area contributed by atoms with E-state index in [1.54, 1.807) is 22.9 Å². The molecule has 3 heterocycles. The second-order valence-corrected chi connectivity index (χ2v) is 5.02. The molecule has 0 amide bonds. The van der Waals surface area contributed by atoms with Gasteiger partial charge >= 0.3 is 0 Å². The van der Waals surface area contributed by atoms with Crippen molar-refractivity contribution in [2.24, 2.45) is 0 Å². The minimum absolute atomic E-state index is 0.00697. The van der Waals surface area contributed by atoms with Gasteiger partial charge in [-0.1, -0.05) is 11.6 Å². The Morgan fingerprint density at radius 3 is 2.90 bits per heavy atom. The summed E-state index contributed by atoms with van der Waals surface area (Å²) in [5.74, 6) is 0. The average Bonchev–Trinajstić information content (AvgIpc) is 2.49. The number of pyridine rings is 1. The Balaban J connectivity index is 1.89. The monoisotopic (exact) mass is 294 g/mol. The van der Waals surface area contributed by atoms with Gasteiger partial charge in [0.05, 0.1) is 13.2 Å². The lowest BCUT2D eigenvalue weighted by Gasteiger charge is -2.26. The predicted molar refractivity (Wildman–Crippen MR) is 76.1 cm³/mol. The zero-order valence-electron chi connectivity index (χ0n) is 11.0. The van der Waals surface area contributed by atoms with Crippen molar-refractivity contribution in [1.82, 2.24) is 19.4 Å². The van der Waals surface area contributed by atoms with Crippen molar-refractivity contribution in [1.29, 1.82) is 0 Å². The Labute approximate surface area is 121 Å². The van der Waals surface area contributed by atoms with Crippen molar-refractivity contribution in [3.05, 3.63) is 33.8 Å². The first-order valence-electron chi connectivity index (χ1n) is 6.57. The van der Waals surface area contributed by atoms with E-state index in [4.69, 9.17) is 16.3 Å². The maximum Gasteiger partial charge on any atom is 0.289 e. The lowest BCUT2D eigenvalue weighted by atomic mass is 10.4. The van der Waals surface area contributed by atoms with E-state index in [-0.39, 0.29) is 10.7 Å². The largest absolute Gasteiger partial charge is 0.379 e. The van der Waals surface area contributed by atoms with Crippen molar-refractivity contribution < 1.29 is 4.74 Å². The molecule has 0 aliphatic carbocycles. The van der Waals surface area contributed by atoms with Crippen LogP contribution in [0.5, 0.6) is 0 Å². The summed E-state index contributed by atoms with van der Waals surface area (Å²) < 4.78 is 6.91. The Hall–Kier alpha value is -1.50. The molecule has 0 radical (unpaired) electrons. The summed E-state index contributed by atoms with van der Waals surface area (Å²) >= 11 is 5.91. The molecule has 2 aromatic heterocycles. The summed E-state index contributed by atoms with van der Waals surface area (Å²) in [6.07, 6.45) is 1.66. The Morgan fingerprint density at radius 2 is 2.10 bits per heavy atom. The van der Waals surface area contributed by atoms with Crippen LogP contribution >= 0.6 is 11.6 Å². The molecular formula is C13H15ClN4O2. The molecule has 1 aliphatic rings. The molecule has 106 valence electrons. The second kappa shape index (κ2) is 5.87. The fourth-order valence-corrected chi connectivity index (χ4v) is 2.51. The van der Waals surface area contributed by atoms with E-state index in [1.165, 1.54) is 0 Å². The van der Waals surface area contributed by atoms with Crippen LogP contribution in [0.4, 0.5) is 0 Å². The summed E-state index contributed by atoms with van der Waals surface area (Å²) in [5, 5.41) is -0.00697. The van der Waals surface area contributed by atoms with Crippen LogP contribution in [0, 0.1) is 0 Å². The number of aromatic nitrogens is 3. The van der Waals surface area contributed by atoms with E-state index in [1.807, 2.05) is 0 Å². The van der Waals surface area contributed by atoms with Crippen molar-refractivity contribution in [2.45, 2.75) is 6.54 Å². The zero-order chi connectivity index (χ0) is 13.9. The molecule has 0 spiro atoms. The average molecular weight is 295 g/mol. The SMILES string of the molecule is O=c1c(Cl)nc2cccnc2n1CCN1CCOCC1. The molecule has 3 rings (SSSR count). The van der Waals surface area contributed by atoms with Crippen molar-refractivity contribution in [3.8, 4) is 0 Å². The third kappa shape index (κ3) is 2.67. The van der Waals surface area contributed by atoms with Crippen LogP contribution in [0.2, 0.25) is 5.15 Å². The summed E-state index contributed by atoms with van der Waals surface area (Å²) in [6, 6.07) is 3.58. The lowest BCUT2D eigenvalue weighted by molar-refractivity contribution is 0.0364. The first kappa shape index (κ1) is 13.5. The first-order valence-corrected chi connectivity index (χ1v) is 6.94. The Kier molecular flexibility index (Phi) is 3.95. The van der Waals surface area contributed by atoms with E-state index < -0.39 is 0 Å². The molecule has 0 N–H and O–H groups in total. The Morgan fingerprint density at radius 1 is 1.30 bits per heavy atom. The highest BCUT2D eigenvalue weighted by molar-refractivity contribution is 6.29. The van der Waals surface area contributed by atoms with Gasteiger partial charge in [-0.05, 0) is 12.1 Å². The molecular weight excluding hydrogens is 280 g/mol. The first-order chi connectivity index (χ1) is 9.75. The number of ether oxygens (including phenoxy) is 1. The van der Waals surface area contributed by atoms with Gasteiger partial charge < -0.3 is 4.74 Å². The van der Waals surface area contributed by atoms with Gasteiger partial charge in [-0.15, -0.1) is 0 Å². The summed E-state index contributed by atoms with van der Waals surface area (Å²) in [7, 11) is 0. The van der Waals surface area contributed by atoms with Gasteiger partial charge in [0.25, 0.3) is 5.56 Å². The lowest BCUT2D eigenvalue weighted by Crippen LogP contribution is -2.39. The molecule has 0 atom stereocenters. The molecule has 20 heavy (non-hydrogen) atoms. The molecule has 1 saturated heterocycles. The Bertz CT molecular complexity index is 667. The molecule has 0 saturated carbocycles. The van der Waals surface area contributed by atoms with Crippen LogP contribution in [-0.2, 0) is 11.3 Å². The van der Waals surface area contributed by atoms with E-state index in [0.717, 1.165) is 32.8 Å². The van der Waals surface area contributed by atoms with Crippen LogP contribution in [0.1, 0.15) is 0 Å². The predicted octanol–water partition coefficient (Wildman–Crippen LogP) is 0.777. The number of hydrogen-bond acceptors (Lipinski definition) is 5. The maximum absolute atomic E-state index is 12.1. The molecule has 2 aromatic rings. The van der Waals surface area contributed by atoms with Gasteiger partial charge in [0.2, 0.25) is 0 Å². The third-order valence-electron chi connectivity index (χ3n) is 3.41. The van der Waals surface area contributed by atoms with Crippen LogP contribution < -0.4 is 5.56 Å². The van der Waals surface area contributed by atoms with Crippen molar-refractivity contribution in [2.75, 3.05) is 32.8 Å². The number of nitrogens with zero attached hydrogens (tertiary/aromatic N) is 4. The van der Waals surface area contributed by atoms with Crippen LogP contribution in [0.3, 0.4) is 0 Å².